The van der Waals surface area contributed by atoms with Crippen LogP contribution in [-0.4, -0.2) is 15.9 Å². The molecule has 5 nitrogen and oxygen atoms in total. The standard InChI is InChI=1S/C25H19Br3ClN3O2/c1-14(2)24-31-22-7-5-17(26)10-20(22)25(33)32(24)30-12-16-9-19(29)6-8-23(16)34-13-15-3-4-18(27)11-21(15)28/h3-12,14H,13H2,1-2H3. The van der Waals surface area contributed by atoms with Crippen LogP contribution >= 0.6 is 59.4 Å². The maximum Gasteiger partial charge on any atom is 0.282 e. The van der Waals surface area contributed by atoms with Crippen LogP contribution in [0.15, 0.2) is 77.9 Å². The lowest BCUT2D eigenvalue weighted by atomic mass is 10.2. The van der Waals surface area contributed by atoms with Gasteiger partial charge in [-0.15, -0.1) is 0 Å². The summed E-state index contributed by atoms with van der Waals surface area (Å²) in [6, 6.07) is 16.6. The molecule has 0 unspecified atom stereocenters. The molecule has 9 heteroatoms. The molecular weight excluding hydrogens is 649 g/mol. The van der Waals surface area contributed by atoms with Gasteiger partial charge in [0.25, 0.3) is 5.56 Å². The highest BCUT2D eigenvalue weighted by molar-refractivity contribution is 9.11. The van der Waals surface area contributed by atoms with Crippen molar-refractivity contribution in [3.8, 4) is 5.75 Å². The van der Waals surface area contributed by atoms with Crippen molar-refractivity contribution in [2.75, 3.05) is 0 Å². The van der Waals surface area contributed by atoms with Crippen molar-refractivity contribution in [1.82, 2.24) is 9.66 Å². The van der Waals surface area contributed by atoms with Gasteiger partial charge in [0.1, 0.15) is 18.2 Å². The molecule has 1 aromatic heterocycles. The highest BCUT2D eigenvalue weighted by Crippen LogP contribution is 2.26. The van der Waals surface area contributed by atoms with Crippen LogP contribution in [0.1, 0.15) is 36.7 Å². The minimum Gasteiger partial charge on any atom is -0.488 e. The normalized spacial score (nSPS) is 11.6. The third-order valence-corrected chi connectivity index (χ3v) is 6.99. The second kappa shape index (κ2) is 10.7. The maximum atomic E-state index is 13.3. The SMILES string of the molecule is CC(C)c1nc2ccc(Br)cc2c(=O)n1N=Cc1cc(Cl)ccc1OCc1ccc(Br)cc1Br. The molecule has 1 heterocycles. The molecule has 0 aliphatic carbocycles. The van der Waals surface area contributed by atoms with Gasteiger partial charge < -0.3 is 4.74 Å². The van der Waals surface area contributed by atoms with Gasteiger partial charge in [0.05, 0.1) is 17.1 Å². The zero-order valence-electron chi connectivity index (χ0n) is 18.2. The fourth-order valence-electron chi connectivity index (χ4n) is 3.32. The maximum absolute atomic E-state index is 13.3. The molecule has 0 N–H and O–H groups in total. The van der Waals surface area contributed by atoms with E-state index in [0.29, 0.717) is 39.7 Å². The number of hydrogen-bond acceptors (Lipinski definition) is 4. The van der Waals surface area contributed by atoms with Gasteiger partial charge >= 0.3 is 0 Å². The van der Waals surface area contributed by atoms with Crippen molar-refractivity contribution in [3.05, 3.63) is 100 Å². The molecule has 174 valence electrons. The highest BCUT2D eigenvalue weighted by Gasteiger charge is 2.14. The van der Waals surface area contributed by atoms with Gasteiger partial charge in [-0.25, -0.2) is 4.98 Å². The number of benzene rings is 3. The monoisotopic (exact) mass is 665 g/mol. The van der Waals surface area contributed by atoms with E-state index in [2.05, 4.69) is 57.9 Å². The zero-order chi connectivity index (χ0) is 24.4. The smallest absolute Gasteiger partial charge is 0.282 e. The molecule has 0 atom stereocenters. The molecule has 0 aliphatic rings. The van der Waals surface area contributed by atoms with E-state index in [1.807, 2.05) is 44.2 Å². The highest BCUT2D eigenvalue weighted by atomic mass is 79.9. The molecule has 0 spiro atoms. The molecule has 3 aromatic carbocycles. The molecule has 0 fully saturated rings. The van der Waals surface area contributed by atoms with E-state index in [1.54, 1.807) is 30.5 Å². The largest absolute Gasteiger partial charge is 0.488 e. The number of fused-ring (bicyclic) bond motifs is 1. The second-order valence-corrected chi connectivity index (χ2v) is 11.0. The third kappa shape index (κ3) is 5.62. The predicted molar refractivity (Wildman–Crippen MR) is 148 cm³/mol. The Bertz CT molecular complexity index is 1470. The van der Waals surface area contributed by atoms with Crippen LogP contribution < -0.4 is 10.3 Å². The van der Waals surface area contributed by atoms with Crippen LogP contribution in [0.3, 0.4) is 0 Å². The molecule has 0 radical (unpaired) electrons. The molecule has 0 bridgehead atoms. The first-order valence-electron chi connectivity index (χ1n) is 10.4. The van der Waals surface area contributed by atoms with Crippen LogP contribution in [0.2, 0.25) is 5.02 Å². The Labute approximate surface area is 227 Å². The van der Waals surface area contributed by atoms with Crippen LogP contribution in [0.5, 0.6) is 5.75 Å². The summed E-state index contributed by atoms with van der Waals surface area (Å²) < 4.78 is 10.1. The Morgan fingerprint density at radius 3 is 2.53 bits per heavy atom. The Morgan fingerprint density at radius 1 is 1.06 bits per heavy atom. The second-order valence-electron chi connectivity index (χ2n) is 7.85. The van der Waals surface area contributed by atoms with Gasteiger partial charge in [-0.05, 0) is 48.5 Å². The Balaban J connectivity index is 1.72. The van der Waals surface area contributed by atoms with E-state index in [9.17, 15) is 4.79 Å². The number of halogens is 4. The number of aromatic nitrogens is 2. The molecule has 0 saturated heterocycles. The molecule has 0 saturated carbocycles. The van der Waals surface area contributed by atoms with Gasteiger partial charge in [0.2, 0.25) is 0 Å². The summed E-state index contributed by atoms with van der Waals surface area (Å²) in [6.45, 7) is 4.30. The van der Waals surface area contributed by atoms with Crippen LogP contribution in [0.25, 0.3) is 10.9 Å². The lowest BCUT2D eigenvalue weighted by Crippen LogP contribution is -2.23. The average Bonchev–Trinajstić information content (AvgIpc) is 2.79. The Hall–Kier alpha value is -2.00. The van der Waals surface area contributed by atoms with E-state index in [4.69, 9.17) is 16.3 Å². The van der Waals surface area contributed by atoms with Crippen LogP contribution in [-0.2, 0) is 6.61 Å². The van der Waals surface area contributed by atoms with Crippen molar-refractivity contribution in [2.24, 2.45) is 5.10 Å². The molecule has 0 amide bonds. The first-order chi connectivity index (χ1) is 16.2. The van der Waals surface area contributed by atoms with E-state index in [0.717, 1.165) is 19.0 Å². The van der Waals surface area contributed by atoms with Gasteiger partial charge in [-0.2, -0.15) is 9.78 Å². The summed E-state index contributed by atoms with van der Waals surface area (Å²) in [5, 5.41) is 5.53. The fourth-order valence-corrected chi connectivity index (χ4v) is 5.02. The summed E-state index contributed by atoms with van der Waals surface area (Å²) >= 11 is 16.7. The summed E-state index contributed by atoms with van der Waals surface area (Å²) in [7, 11) is 0. The number of rotatable bonds is 6. The van der Waals surface area contributed by atoms with E-state index < -0.39 is 0 Å². The fraction of sp³-hybridized carbons (Fsp3) is 0.160. The van der Waals surface area contributed by atoms with E-state index in [1.165, 1.54) is 4.68 Å². The lowest BCUT2D eigenvalue weighted by molar-refractivity contribution is 0.305. The van der Waals surface area contributed by atoms with Crippen LogP contribution in [0.4, 0.5) is 0 Å². The van der Waals surface area contributed by atoms with Gasteiger partial charge in [-0.1, -0.05) is 79.3 Å². The Kier molecular flexibility index (Phi) is 7.92. The minimum atomic E-state index is -0.241. The average molecular weight is 669 g/mol. The van der Waals surface area contributed by atoms with Crippen molar-refractivity contribution in [2.45, 2.75) is 26.4 Å². The Morgan fingerprint density at radius 2 is 1.79 bits per heavy atom. The molecule has 4 rings (SSSR count). The minimum absolute atomic E-state index is 0.0114. The van der Waals surface area contributed by atoms with E-state index in [-0.39, 0.29) is 11.5 Å². The predicted octanol–water partition coefficient (Wildman–Crippen LogP) is 7.92. The van der Waals surface area contributed by atoms with Gasteiger partial charge in [0.15, 0.2) is 0 Å². The summed E-state index contributed by atoms with van der Waals surface area (Å²) in [4.78, 5) is 18.0. The van der Waals surface area contributed by atoms with Gasteiger partial charge in [0, 0.05) is 35.5 Å². The molecule has 0 aliphatic heterocycles. The quantitative estimate of drug-likeness (QED) is 0.196. The zero-order valence-corrected chi connectivity index (χ0v) is 23.7. The summed E-state index contributed by atoms with van der Waals surface area (Å²) in [5.74, 6) is 1.15. The molecule has 34 heavy (non-hydrogen) atoms. The molecule has 4 aromatic rings. The first kappa shape index (κ1) is 25.1. The van der Waals surface area contributed by atoms with Crippen LogP contribution in [0, 0.1) is 0 Å². The summed E-state index contributed by atoms with van der Waals surface area (Å²) in [5.41, 5.74) is 2.03. The summed E-state index contributed by atoms with van der Waals surface area (Å²) in [6.07, 6.45) is 1.58. The number of hydrogen-bond donors (Lipinski definition) is 0. The van der Waals surface area contributed by atoms with Crippen molar-refractivity contribution in [3.63, 3.8) is 0 Å². The third-order valence-electron chi connectivity index (χ3n) is 5.03. The topological polar surface area (TPSA) is 56.5 Å². The van der Waals surface area contributed by atoms with Crippen molar-refractivity contribution >= 4 is 76.5 Å². The number of ether oxygens (including phenoxy) is 1. The lowest BCUT2D eigenvalue weighted by Gasteiger charge is -2.13. The van der Waals surface area contributed by atoms with Crippen molar-refractivity contribution < 1.29 is 4.74 Å². The van der Waals surface area contributed by atoms with Gasteiger partial charge in [-0.3, -0.25) is 4.79 Å². The molecular formula is C25H19Br3ClN3O2. The van der Waals surface area contributed by atoms with E-state index >= 15 is 0 Å². The number of nitrogens with zero attached hydrogens (tertiary/aromatic N) is 3. The first-order valence-corrected chi connectivity index (χ1v) is 13.1. The van der Waals surface area contributed by atoms with Crippen molar-refractivity contribution in [1.29, 1.82) is 0 Å².